The predicted octanol–water partition coefficient (Wildman–Crippen LogP) is 1.29. The first kappa shape index (κ1) is 20.4. The Balaban J connectivity index is 0.00000225. The van der Waals surface area contributed by atoms with Gasteiger partial charge in [-0.25, -0.2) is 12.7 Å². The number of piperidine rings is 1. The molecule has 0 unspecified atom stereocenters. The van der Waals surface area contributed by atoms with Crippen LogP contribution in [0.4, 0.5) is 0 Å². The summed E-state index contributed by atoms with van der Waals surface area (Å²) in [5.74, 6) is -0.0446. The standard InChI is InChI=1S/C16H24N2O5S.BrH/c1-24(21,22)18-6-4-10(5-7-18)14-8-12-11(15(9-17)23-14)2-3-13(19)16(12)20;/h2-3,10,14-15,19-20H,4-9,17H2,1H3;1H/t14-,15-;/m0./s1. The number of rotatable bonds is 3. The summed E-state index contributed by atoms with van der Waals surface area (Å²) < 4.78 is 30.9. The topological polar surface area (TPSA) is 113 Å². The van der Waals surface area contributed by atoms with Crippen LogP contribution in [-0.4, -0.2) is 54.9 Å². The molecule has 2 atom stereocenters. The quantitative estimate of drug-likeness (QED) is 0.615. The highest BCUT2D eigenvalue weighted by Crippen LogP contribution is 2.42. The van der Waals surface area contributed by atoms with Gasteiger partial charge in [-0.05, 0) is 30.4 Å². The van der Waals surface area contributed by atoms with E-state index in [0.29, 0.717) is 37.9 Å². The van der Waals surface area contributed by atoms with Gasteiger partial charge >= 0.3 is 0 Å². The number of fused-ring (bicyclic) bond motifs is 1. The van der Waals surface area contributed by atoms with E-state index in [4.69, 9.17) is 10.5 Å². The molecular formula is C16H25BrN2O5S. The van der Waals surface area contributed by atoms with Crippen LogP contribution in [0.1, 0.15) is 30.1 Å². The second-order valence-corrected chi connectivity index (χ2v) is 8.59. The Labute approximate surface area is 158 Å². The highest BCUT2D eigenvalue weighted by Gasteiger charge is 2.36. The van der Waals surface area contributed by atoms with Crippen molar-refractivity contribution in [2.24, 2.45) is 11.7 Å². The molecule has 2 aliphatic rings. The highest BCUT2D eigenvalue weighted by molar-refractivity contribution is 8.93. The van der Waals surface area contributed by atoms with Crippen molar-refractivity contribution in [3.63, 3.8) is 0 Å². The molecule has 25 heavy (non-hydrogen) atoms. The highest BCUT2D eigenvalue weighted by atomic mass is 79.9. The van der Waals surface area contributed by atoms with Gasteiger partial charge in [-0.3, -0.25) is 0 Å². The summed E-state index contributed by atoms with van der Waals surface area (Å²) in [6, 6.07) is 3.19. The van der Waals surface area contributed by atoms with Crippen molar-refractivity contribution < 1.29 is 23.4 Å². The van der Waals surface area contributed by atoms with Gasteiger partial charge in [0.2, 0.25) is 10.0 Å². The van der Waals surface area contributed by atoms with Crippen molar-refractivity contribution in [3.8, 4) is 11.5 Å². The Morgan fingerprint density at radius 1 is 1.28 bits per heavy atom. The van der Waals surface area contributed by atoms with Crippen LogP contribution < -0.4 is 5.73 Å². The third kappa shape index (κ3) is 4.11. The molecule has 0 saturated carbocycles. The fraction of sp³-hybridized carbons (Fsp3) is 0.625. The molecule has 142 valence electrons. The Kier molecular flexibility index (Phi) is 6.37. The Morgan fingerprint density at radius 2 is 1.92 bits per heavy atom. The van der Waals surface area contributed by atoms with E-state index in [2.05, 4.69) is 0 Å². The third-order valence-electron chi connectivity index (χ3n) is 5.10. The number of sulfonamides is 1. The van der Waals surface area contributed by atoms with E-state index in [1.54, 1.807) is 6.07 Å². The van der Waals surface area contributed by atoms with E-state index in [0.717, 1.165) is 5.56 Å². The van der Waals surface area contributed by atoms with Crippen molar-refractivity contribution in [2.75, 3.05) is 25.9 Å². The fourth-order valence-corrected chi connectivity index (χ4v) is 4.60. The summed E-state index contributed by atoms with van der Waals surface area (Å²) in [5.41, 5.74) is 7.32. The Hall–Kier alpha value is -0.870. The lowest BCUT2D eigenvalue weighted by Crippen LogP contribution is -2.43. The molecule has 0 aromatic heterocycles. The summed E-state index contributed by atoms with van der Waals surface area (Å²) in [7, 11) is -3.16. The minimum absolute atomic E-state index is 0. The third-order valence-corrected chi connectivity index (χ3v) is 6.40. The SMILES string of the molecule is Br.CS(=O)(=O)N1CCC([C@@H]2Cc3c(ccc(O)c3O)[C@H](CN)O2)CC1. The summed E-state index contributed by atoms with van der Waals surface area (Å²) in [4.78, 5) is 0. The van der Waals surface area contributed by atoms with Gasteiger partial charge in [-0.2, -0.15) is 0 Å². The van der Waals surface area contributed by atoms with Crippen LogP contribution in [0.3, 0.4) is 0 Å². The van der Waals surface area contributed by atoms with Gasteiger partial charge in [0.05, 0.1) is 18.5 Å². The zero-order valence-electron chi connectivity index (χ0n) is 14.1. The van der Waals surface area contributed by atoms with E-state index in [1.807, 2.05) is 0 Å². The molecule has 4 N–H and O–H groups in total. The largest absolute Gasteiger partial charge is 0.504 e. The van der Waals surface area contributed by atoms with Crippen LogP contribution in [0.15, 0.2) is 12.1 Å². The average Bonchev–Trinajstić information content (AvgIpc) is 2.56. The van der Waals surface area contributed by atoms with Crippen LogP contribution in [0, 0.1) is 5.92 Å². The minimum Gasteiger partial charge on any atom is -0.504 e. The predicted molar refractivity (Wildman–Crippen MR) is 99.6 cm³/mol. The first-order chi connectivity index (χ1) is 11.3. The second-order valence-electron chi connectivity index (χ2n) is 6.60. The van der Waals surface area contributed by atoms with E-state index < -0.39 is 10.0 Å². The molecule has 0 bridgehead atoms. The molecule has 0 spiro atoms. The van der Waals surface area contributed by atoms with Crippen molar-refractivity contribution in [2.45, 2.75) is 31.5 Å². The molecule has 0 radical (unpaired) electrons. The normalized spacial score (nSPS) is 25.2. The number of halogens is 1. The monoisotopic (exact) mass is 436 g/mol. The molecule has 1 saturated heterocycles. The zero-order valence-corrected chi connectivity index (χ0v) is 16.6. The first-order valence-electron chi connectivity index (χ1n) is 8.15. The average molecular weight is 437 g/mol. The number of hydrogen-bond acceptors (Lipinski definition) is 6. The molecule has 9 heteroatoms. The number of nitrogens with two attached hydrogens (primary N) is 1. The molecule has 1 aromatic rings. The van der Waals surface area contributed by atoms with Gasteiger partial charge in [0.25, 0.3) is 0 Å². The molecule has 2 heterocycles. The molecule has 7 nitrogen and oxygen atoms in total. The molecule has 1 fully saturated rings. The molecule has 0 aliphatic carbocycles. The molecule has 1 aromatic carbocycles. The maximum absolute atomic E-state index is 11.6. The lowest BCUT2D eigenvalue weighted by molar-refractivity contribution is -0.0612. The Bertz CT molecular complexity index is 719. The fourth-order valence-electron chi connectivity index (χ4n) is 3.73. The van der Waals surface area contributed by atoms with E-state index in [9.17, 15) is 18.6 Å². The van der Waals surface area contributed by atoms with Gasteiger partial charge in [0.15, 0.2) is 11.5 Å². The lowest BCUT2D eigenvalue weighted by Gasteiger charge is -2.39. The number of ether oxygens (including phenoxy) is 1. The zero-order chi connectivity index (χ0) is 17.5. The van der Waals surface area contributed by atoms with Crippen molar-refractivity contribution in [3.05, 3.63) is 23.3 Å². The number of benzene rings is 1. The molecule has 3 rings (SSSR count). The maximum Gasteiger partial charge on any atom is 0.211 e. The van der Waals surface area contributed by atoms with Crippen LogP contribution in [-0.2, 0) is 21.2 Å². The first-order valence-corrected chi connectivity index (χ1v) is 10.0. The lowest BCUT2D eigenvalue weighted by atomic mass is 9.84. The van der Waals surface area contributed by atoms with Gasteiger partial charge in [0, 0.05) is 31.6 Å². The Morgan fingerprint density at radius 3 is 2.48 bits per heavy atom. The summed E-state index contributed by atoms with van der Waals surface area (Å²) in [5, 5.41) is 19.9. The summed E-state index contributed by atoms with van der Waals surface area (Å²) in [6.45, 7) is 1.25. The number of hydrogen-bond donors (Lipinski definition) is 3. The minimum atomic E-state index is -3.16. The summed E-state index contributed by atoms with van der Waals surface area (Å²) in [6.07, 6.45) is 2.69. The van der Waals surface area contributed by atoms with Gasteiger partial charge in [-0.1, -0.05) is 6.07 Å². The van der Waals surface area contributed by atoms with Gasteiger partial charge in [-0.15, -0.1) is 17.0 Å². The molecular weight excluding hydrogens is 412 g/mol. The smallest absolute Gasteiger partial charge is 0.211 e. The molecule has 0 amide bonds. The number of phenols is 2. The van der Waals surface area contributed by atoms with Crippen LogP contribution in [0.2, 0.25) is 0 Å². The van der Waals surface area contributed by atoms with Crippen molar-refractivity contribution in [1.29, 1.82) is 0 Å². The summed E-state index contributed by atoms with van der Waals surface area (Å²) >= 11 is 0. The van der Waals surface area contributed by atoms with Crippen molar-refractivity contribution >= 4 is 27.0 Å². The van der Waals surface area contributed by atoms with Crippen LogP contribution >= 0.6 is 17.0 Å². The van der Waals surface area contributed by atoms with E-state index in [-0.39, 0.29) is 53.2 Å². The van der Waals surface area contributed by atoms with Crippen molar-refractivity contribution in [1.82, 2.24) is 4.31 Å². The van der Waals surface area contributed by atoms with Crippen LogP contribution in [0.5, 0.6) is 11.5 Å². The maximum atomic E-state index is 11.6. The molecule has 2 aliphatic heterocycles. The van der Waals surface area contributed by atoms with Gasteiger partial charge in [0.1, 0.15) is 0 Å². The number of aromatic hydroxyl groups is 2. The van der Waals surface area contributed by atoms with Gasteiger partial charge < -0.3 is 20.7 Å². The second kappa shape index (κ2) is 7.79. The van der Waals surface area contributed by atoms with E-state index >= 15 is 0 Å². The number of nitrogens with zero attached hydrogens (tertiary/aromatic N) is 1. The number of phenolic OH excluding ortho intramolecular Hbond substituents is 2. The van der Waals surface area contributed by atoms with E-state index in [1.165, 1.54) is 16.6 Å². The van der Waals surface area contributed by atoms with Crippen LogP contribution in [0.25, 0.3) is 0 Å².